The van der Waals surface area contributed by atoms with Gasteiger partial charge in [0.15, 0.2) is 5.96 Å². The summed E-state index contributed by atoms with van der Waals surface area (Å²) in [7, 11) is 1.68. The smallest absolute Gasteiger partial charge is 0.410 e. The highest BCUT2D eigenvalue weighted by Crippen LogP contribution is 2.19. The molecule has 0 aliphatic carbocycles. The van der Waals surface area contributed by atoms with Crippen LogP contribution in [0.4, 0.5) is 4.79 Å². The number of carbonyl (C=O) groups is 1. The summed E-state index contributed by atoms with van der Waals surface area (Å²) in [4.78, 5) is 20.3. The van der Waals surface area contributed by atoms with Gasteiger partial charge in [0.2, 0.25) is 0 Å². The molecule has 1 aromatic rings. The number of amides is 1. The quantitative estimate of drug-likeness (QED) is 0.645. The first-order valence-electron chi connectivity index (χ1n) is 9.36. The Bertz CT molecular complexity index is 674. The monoisotopic (exact) mass is 376 g/mol. The molecule has 0 unspecified atom stereocenters. The van der Waals surface area contributed by atoms with Gasteiger partial charge >= 0.3 is 6.09 Å². The van der Waals surface area contributed by atoms with Crippen LogP contribution in [0.15, 0.2) is 23.2 Å². The standard InChI is InChI=1S/C20H32N4O3/c1-15-6-7-16(14-17(15)26-5)8-9-22-18(21)23-10-12-24(13-11-23)19(25)27-20(2,3)4/h6-7,14H,8-13H2,1-5H3,(H2,21,22). The lowest BCUT2D eigenvalue weighted by molar-refractivity contribution is 0.0186. The van der Waals surface area contributed by atoms with Gasteiger partial charge < -0.3 is 25.0 Å². The van der Waals surface area contributed by atoms with E-state index in [-0.39, 0.29) is 6.09 Å². The molecule has 7 nitrogen and oxygen atoms in total. The van der Waals surface area contributed by atoms with E-state index in [0.717, 1.165) is 17.7 Å². The van der Waals surface area contributed by atoms with Crippen LogP contribution in [-0.2, 0) is 11.2 Å². The summed E-state index contributed by atoms with van der Waals surface area (Å²) in [5.41, 5.74) is 7.94. The van der Waals surface area contributed by atoms with Crippen molar-refractivity contribution in [2.75, 3.05) is 39.8 Å². The Labute approximate surface area is 162 Å². The molecule has 1 aromatic carbocycles. The van der Waals surface area contributed by atoms with Crippen molar-refractivity contribution in [2.24, 2.45) is 10.7 Å². The van der Waals surface area contributed by atoms with E-state index in [1.54, 1.807) is 12.0 Å². The molecule has 0 spiro atoms. The molecular formula is C20H32N4O3. The van der Waals surface area contributed by atoms with Crippen LogP contribution in [0.1, 0.15) is 31.9 Å². The number of nitrogens with zero attached hydrogens (tertiary/aromatic N) is 3. The zero-order valence-corrected chi connectivity index (χ0v) is 17.1. The molecule has 1 aliphatic rings. The molecule has 27 heavy (non-hydrogen) atoms. The Morgan fingerprint density at radius 2 is 1.81 bits per heavy atom. The molecule has 1 amide bonds. The minimum Gasteiger partial charge on any atom is -0.496 e. The van der Waals surface area contributed by atoms with Crippen LogP contribution >= 0.6 is 0 Å². The van der Waals surface area contributed by atoms with Crippen LogP contribution in [-0.4, -0.2) is 67.3 Å². The number of rotatable bonds is 4. The summed E-state index contributed by atoms with van der Waals surface area (Å²) in [5.74, 6) is 1.42. The predicted octanol–water partition coefficient (Wildman–Crippen LogP) is 2.41. The van der Waals surface area contributed by atoms with Gasteiger partial charge in [-0.1, -0.05) is 12.1 Å². The molecule has 0 radical (unpaired) electrons. The third kappa shape index (κ3) is 6.34. The number of carbonyl (C=O) groups excluding carboxylic acids is 1. The molecule has 2 rings (SSSR count). The fraction of sp³-hybridized carbons (Fsp3) is 0.600. The largest absolute Gasteiger partial charge is 0.496 e. The lowest BCUT2D eigenvalue weighted by atomic mass is 10.1. The number of piperazine rings is 1. The summed E-state index contributed by atoms with van der Waals surface area (Å²) >= 11 is 0. The molecule has 1 heterocycles. The topological polar surface area (TPSA) is 80.4 Å². The third-order valence-electron chi connectivity index (χ3n) is 4.40. The third-order valence-corrected chi connectivity index (χ3v) is 4.40. The lowest BCUT2D eigenvalue weighted by Crippen LogP contribution is -2.53. The van der Waals surface area contributed by atoms with Gasteiger partial charge in [0.25, 0.3) is 0 Å². The molecule has 0 saturated carbocycles. The van der Waals surface area contributed by atoms with Crippen molar-refractivity contribution in [1.82, 2.24) is 9.80 Å². The van der Waals surface area contributed by atoms with E-state index in [1.807, 2.05) is 38.7 Å². The van der Waals surface area contributed by atoms with Crippen LogP contribution in [0.25, 0.3) is 0 Å². The maximum Gasteiger partial charge on any atom is 0.410 e. The summed E-state index contributed by atoms with van der Waals surface area (Å²) in [5, 5.41) is 0. The number of aliphatic imine (C=N–C) groups is 1. The minimum atomic E-state index is -0.479. The summed E-state index contributed by atoms with van der Waals surface area (Å²) < 4.78 is 10.8. The zero-order valence-electron chi connectivity index (χ0n) is 17.1. The number of guanidine groups is 1. The number of nitrogens with two attached hydrogens (primary N) is 1. The van der Waals surface area contributed by atoms with Gasteiger partial charge in [0, 0.05) is 32.7 Å². The van der Waals surface area contributed by atoms with Gasteiger partial charge in [-0.15, -0.1) is 0 Å². The lowest BCUT2D eigenvalue weighted by Gasteiger charge is -2.36. The van der Waals surface area contributed by atoms with Crippen molar-refractivity contribution in [3.05, 3.63) is 29.3 Å². The molecule has 150 valence electrons. The Hall–Kier alpha value is -2.44. The predicted molar refractivity (Wildman–Crippen MR) is 107 cm³/mol. The first kappa shape index (κ1) is 20.9. The Balaban J connectivity index is 1.81. The molecule has 0 atom stereocenters. The Morgan fingerprint density at radius 3 is 2.41 bits per heavy atom. The van der Waals surface area contributed by atoms with Crippen molar-refractivity contribution < 1.29 is 14.3 Å². The maximum atomic E-state index is 12.1. The van der Waals surface area contributed by atoms with Gasteiger partial charge in [-0.25, -0.2) is 4.79 Å². The molecule has 2 N–H and O–H groups in total. The van der Waals surface area contributed by atoms with Crippen molar-refractivity contribution in [1.29, 1.82) is 0 Å². The fourth-order valence-electron chi connectivity index (χ4n) is 2.86. The number of aryl methyl sites for hydroxylation is 1. The average Bonchev–Trinajstić information content (AvgIpc) is 2.61. The van der Waals surface area contributed by atoms with E-state index in [1.165, 1.54) is 5.56 Å². The SMILES string of the molecule is COc1cc(CCN=C(N)N2CCN(C(=O)OC(C)(C)C)CC2)ccc1C. The number of methoxy groups -OCH3 is 1. The molecule has 1 fully saturated rings. The summed E-state index contributed by atoms with van der Waals surface area (Å²) in [6, 6.07) is 6.18. The maximum absolute atomic E-state index is 12.1. The Kier molecular flexibility index (Phi) is 6.93. The van der Waals surface area contributed by atoms with Crippen LogP contribution < -0.4 is 10.5 Å². The van der Waals surface area contributed by atoms with Crippen molar-refractivity contribution in [2.45, 2.75) is 39.7 Å². The number of benzene rings is 1. The van der Waals surface area contributed by atoms with E-state index < -0.39 is 5.60 Å². The van der Waals surface area contributed by atoms with Gasteiger partial charge in [-0.3, -0.25) is 4.99 Å². The molecule has 1 saturated heterocycles. The van der Waals surface area contributed by atoms with Gasteiger partial charge in [-0.05, 0) is 51.3 Å². The molecule has 0 bridgehead atoms. The molecule has 7 heteroatoms. The van der Waals surface area contributed by atoms with E-state index in [0.29, 0.717) is 38.7 Å². The van der Waals surface area contributed by atoms with Gasteiger partial charge in [-0.2, -0.15) is 0 Å². The van der Waals surface area contributed by atoms with Crippen LogP contribution in [0, 0.1) is 6.92 Å². The van der Waals surface area contributed by atoms with Gasteiger partial charge in [0.1, 0.15) is 11.4 Å². The molecular weight excluding hydrogens is 344 g/mol. The zero-order chi connectivity index (χ0) is 20.0. The molecule has 1 aliphatic heterocycles. The number of ether oxygens (including phenoxy) is 2. The highest BCUT2D eigenvalue weighted by Gasteiger charge is 2.26. The van der Waals surface area contributed by atoms with Gasteiger partial charge in [0.05, 0.1) is 7.11 Å². The van der Waals surface area contributed by atoms with E-state index in [2.05, 4.69) is 17.1 Å². The van der Waals surface area contributed by atoms with Crippen LogP contribution in [0.3, 0.4) is 0 Å². The van der Waals surface area contributed by atoms with Crippen LogP contribution in [0.2, 0.25) is 0 Å². The van der Waals surface area contributed by atoms with E-state index >= 15 is 0 Å². The molecule has 0 aromatic heterocycles. The number of hydrogen-bond acceptors (Lipinski definition) is 4. The Morgan fingerprint density at radius 1 is 1.19 bits per heavy atom. The summed E-state index contributed by atoms with van der Waals surface area (Å²) in [6.07, 6.45) is 0.529. The fourth-order valence-corrected chi connectivity index (χ4v) is 2.86. The highest BCUT2D eigenvalue weighted by molar-refractivity contribution is 5.78. The second kappa shape index (κ2) is 8.97. The second-order valence-corrected chi connectivity index (χ2v) is 7.75. The second-order valence-electron chi connectivity index (χ2n) is 7.75. The number of hydrogen-bond donors (Lipinski definition) is 1. The summed E-state index contributed by atoms with van der Waals surface area (Å²) in [6.45, 7) is 10.7. The minimum absolute atomic E-state index is 0.272. The van der Waals surface area contributed by atoms with Crippen LogP contribution in [0.5, 0.6) is 5.75 Å². The van der Waals surface area contributed by atoms with Crippen molar-refractivity contribution in [3.63, 3.8) is 0 Å². The first-order valence-corrected chi connectivity index (χ1v) is 9.36. The van der Waals surface area contributed by atoms with Crippen molar-refractivity contribution in [3.8, 4) is 5.75 Å². The van der Waals surface area contributed by atoms with Crippen molar-refractivity contribution >= 4 is 12.1 Å². The first-order chi connectivity index (χ1) is 12.7. The highest BCUT2D eigenvalue weighted by atomic mass is 16.6. The normalized spacial score (nSPS) is 15.7. The average molecular weight is 377 g/mol. The van der Waals surface area contributed by atoms with E-state index in [9.17, 15) is 4.79 Å². The van der Waals surface area contributed by atoms with E-state index in [4.69, 9.17) is 15.2 Å².